The molecule has 0 aliphatic heterocycles. The van der Waals surface area contributed by atoms with Crippen molar-refractivity contribution in [3.8, 4) is 0 Å². The van der Waals surface area contributed by atoms with E-state index in [2.05, 4.69) is 10.0 Å². The van der Waals surface area contributed by atoms with Crippen LogP contribution in [0.1, 0.15) is 27.2 Å². The van der Waals surface area contributed by atoms with Crippen LogP contribution in [0.3, 0.4) is 0 Å². The fourth-order valence-electron chi connectivity index (χ4n) is 1.55. The lowest BCUT2D eigenvalue weighted by Crippen LogP contribution is -2.53. The summed E-state index contributed by atoms with van der Waals surface area (Å²) in [5.41, 5.74) is 0. The summed E-state index contributed by atoms with van der Waals surface area (Å²) in [7, 11) is -3.54. The van der Waals surface area contributed by atoms with Gasteiger partial charge in [-0.15, -0.1) is 0 Å². The minimum Gasteiger partial charge on any atom is -0.480 e. The summed E-state index contributed by atoms with van der Waals surface area (Å²) >= 11 is 1.48. The van der Waals surface area contributed by atoms with Crippen LogP contribution in [-0.2, 0) is 19.6 Å². The van der Waals surface area contributed by atoms with E-state index in [-0.39, 0.29) is 11.7 Å². The molecule has 0 aliphatic rings. The molecule has 0 radical (unpaired) electrons. The monoisotopic (exact) mass is 340 g/mol. The first-order valence-corrected chi connectivity index (χ1v) is 9.71. The number of thioether (sulfide) groups is 1. The number of nitrogens with one attached hydrogen (secondary N) is 2. The number of hydrogen-bond donors (Lipinski definition) is 3. The van der Waals surface area contributed by atoms with Crippen molar-refractivity contribution in [2.75, 3.05) is 17.8 Å². The number of carbonyl (C=O) groups excluding carboxylic acids is 1. The van der Waals surface area contributed by atoms with Gasteiger partial charge < -0.3 is 10.4 Å². The Bertz CT molecular complexity index is 451. The molecule has 124 valence electrons. The first-order valence-electron chi connectivity index (χ1n) is 6.66. The first kappa shape index (κ1) is 20.2. The molecule has 3 N–H and O–H groups in total. The van der Waals surface area contributed by atoms with E-state index in [1.54, 1.807) is 13.8 Å². The number of carboxylic acid groups (broad SMARTS) is 1. The highest BCUT2D eigenvalue weighted by Gasteiger charge is 2.29. The van der Waals surface area contributed by atoms with Gasteiger partial charge in [-0.05, 0) is 31.3 Å². The fourth-order valence-corrected chi connectivity index (χ4v) is 2.84. The predicted octanol–water partition coefficient (Wildman–Crippen LogP) is 0.273. The first-order chi connectivity index (χ1) is 9.64. The molecule has 0 fully saturated rings. The zero-order valence-electron chi connectivity index (χ0n) is 12.8. The largest absolute Gasteiger partial charge is 0.480 e. The lowest BCUT2D eigenvalue weighted by molar-refractivity contribution is -0.143. The van der Waals surface area contributed by atoms with Crippen LogP contribution >= 0.6 is 11.8 Å². The van der Waals surface area contributed by atoms with Gasteiger partial charge in [0, 0.05) is 0 Å². The van der Waals surface area contributed by atoms with Crippen LogP contribution in [0.5, 0.6) is 0 Å². The molecular weight excluding hydrogens is 316 g/mol. The van der Waals surface area contributed by atoms with Crippen molar-refractivity contribution in [2.24, 2.45) is 5.92 Å². The zero-order valence-corrected chi connectivity index (χ0v) is 14.4. The Balaban J connectivity index is 4.98. The molecule has 0 saturated carbocycles. The molecule has 2 atom stereocenters. The second-order valence-electron chi connectivity index (χ2n) is 4.92. The summed E-state index contributed by atoms with van der Waals surface area (Å²) in [6.45, 7) is 4.82. The molecule has 0 aliphatic carbocycles. The maximum absolute atomic E-state index is 12.2. The molecule has 0 aromatic rings. The Hall–Kier alpha value is -0.800. The average molecular weight is 340 g/mol. The molecule has 21 heavy (non-hydrogen) atoms. The standard InChI is InChI=1S/C12H24N2O5S2/c1-5-21(18,19)14-9(6-7-20-4)11(15)13-10(8(2)3)12(16)17/h8-10,14H,5-7H2,1-4H3,(H,13,15)(H,16,17). The van der Waals surface area contributed by atoms with Crippen LogP contribution in [0, 0.1) is 5.92 Å². The van der Waals surface area contributed by atoms with Crippen molar-refractivity contribution >= 4 is 33.7 Å². The number of rotatable bonds is 10. The van der Waals surface area contributed by atoms with E-state index in [1.165, 1.54) is 18.7 Å². The van der Waals surface area contributed by atoms with E-state index in [4.69, 9.17) is 5.11 Å². The third-order valence-electron chi connectivity index (χ3n) is 2.86. The molecule has 7 nitrogen and oxygen atoms in total. The molecule has 2 unspecified atom stereocenters. The molecule has 0 bridgehead atoms. The van der Waals surface area contributed by atoms with E-state index < -0.39 is 34.0 Å². The molecule has 0 aromatic heterocycles. The topological polar surface area (TPSA) is 113 Å². The van der Waals surface area contributed by atoms with E-state index >= 15 is 0 Å². The van der Waals surface area contributed by atoms with Gasteiger partial charge in [-0.2, -0.15) is 11.8 Å². The smallest absolute Gasteiger partial charge is 0.326 e. The van der Waals surface area contributed by atoms with Crippen molar-refractivity contribution in [2.45, 2.75) is 39.3 Å². The minimum atomic E-state index is -3.54. The van der Waals surface area contributed by atoms with Crippen molar-refractivity contribution < 1.29 is 23.1 Å². The Morgan fingerprint density at radius 1 is 1.29 bits per heavy atom. The van der Waals surface area contributed by atoms with Gasteiger partial charge in [0.1, 0.15) is 12.1 Å². The molecule has 1 amide bonds. The van der Waals surface area contributed by atoms with E-state index in [0.29, 0.717) is 12.2 Å². The average Bonchev–Trinajstić information content (AvgIpc) is 2.39. The van der Waals surface area contributed by atoms with Crippen LogP contribution < -0.4 is 10.0 Å². The number of amides is 1. The highest BCUT2D eigenvalue weighted by Crippen LogP contribution is 2.06. The summed E-state index contributed by atoms with van der Waals surface area (Å²) in [5.74, 6) is -1.59. The SMILES string of the molecule is CCS(=O)(=O)NC(CCSC)C(=O)NC(C(=O)O)C(C)C. The van der Waals surface area contributed by atoms with Gasteiger partial charge in [0.2, 0.25) is 15.9 Å². The number of carboxylic acids is 1. The molecule has 0 saturated heterocycles. The van der Waals surface area contributed by atoms with Crippen LogP contribution in [0.2, 0.25) is 0 Å². The van der Waals surface area contributed by atoms with E-state index in [1.807, 2.05) is 6.26 Å². The van der Waals surface area contributed by atoms with Crippen LogP contribution in [0.25, 0.3) is 0 Å². The van der Waals surface area contributed by atoms with Gasteiger partial charge in [-0.1, -0.05) is 13.8 Å². The quantitative estimate of drug-likeness (QED) is 0.526. The lowest BCUT2D eigenvalue weighted by atomic mass is 10.0. The molecule has 0 aromatic carbocycles. The van der Waals surface area contributed by atoms with Crippen molar-refractivity contribution in [3.63, 3.8) is 0 Å². The highest BCUT2D eigenvalue weighted by molar-refractivity contribution is 7.98. The summed E-state index contributed by atoms with van der Waals surface area (Å²) in [6.07, 6.45) is 2.15. The van der Waals surface area contributed by atoms with Gasteiger partial charge in [0.25, 0.3) is 0 Å². The summed E-state index contributed by atoms with van der Waals surface area (Å²) < 4.78 is 25.5. The Kier molecular flexibility index (Phi) is 8.91. The Morgan fingerprint density at radius 3 is 2.24 bits per heavy atom. The number of hydrogen-bond acceptors (Lipinski definition) is 5. The van der Waals surface area contributed by atoms with Crippen molar-refractivity contribution in [1.29, 1.82) is 0 Å². The Labute approximate surface area is 130 Å². The normalized spacial score (nSPS) is 14.7. The third-order valence-corrected chi connectivity index (χ3v) is 4.91. The summed E-state index contributed by atoms with van der Waals surface area (Å²) in [5, 5.41) is 11.5. The molecule has 0 spiro atoms. The van der Waals surface area contributed by atoms with Crippen LogP contribution in [-0.4, -0.2) is 55.2 Å². The predicted molar refractivity (Wildman–Crippen MR) is 83.8 cm³/mol. The van der Waals surface area contributed by atoms with Gasteiger partial charge in [-0.3, -0.25) is 4.79 Å². The molecular formula is C12H24N2O5S2. The molecule has 9 heteroatoms. The van der Waals surface area contributed by atoms with E-state index in [9.17, 15) is 18.0 Å². The second kappa shape index (κ2) is 9.26. The van der Waals surface area contributed by atoms with Gasteiger partial charge in [0.05, 0.1) is 5.75 Å². The van der Waals surface area contributed by atoms with Gasteiger partial charge in [-0.25, -0.2) is 17.9 Å². The van der Waals surface area contributed by atoms with Crippen LogP contribution in [0.4, 0.5) is 0 Å². The zero-order chi connectivity index (χ0) is 16.6. The number of carbonyl (C=O) groups is 2. The van der Waals surface area contributed by atoms with Gasteiger partial charge in [0.15, 0.2) is 0 Å². The number of aliphatic carboxylic acids is 1. The maximum Gasteiger partial charge on any atom is 0.326 e. The van der Waals surface area contributed by atoms with Gasteiger partial charge >= 0.3 is 5.97 Å². The maximum atomic E-state index is 12.2. The highest BCUT2D eigenvalue weighted by atomic mass is 32.2. The fraction of sp³-hybridized carbons (Fsp3) is 0.833. The van der Waals surface area contributed by atoms with E-state index in [0.717, 1.165) is 0 Å². The lowest BCUT2D eigenvalue weighted by Gasteiger charge is -2.22. The molecule has 0 rings (SSSR count). The second-order valence-corrected chi connectivity index (χ2v) is 7.95. The third kappa shape index (κ3) is 7.68. The summed E-state index contributed by atoms with van der Waals surface area (Å²) in [4.78, 5) is 23.2. The Morgan fingerprint density at radius 2 is 1.86 bits per heavy atom. The molecule has 0 heterocycles. The van der Waals surface area contributed by atoms with Crippen LogP contribution in [0.15, 0.2) is 0 Å². The summed E-state index contributed by atoms with van der Waals surface area (Å²) in [6, 6.07) is -2.00. The van der Waals surface area contributed by atoms with Crippen molar-refractivity contribution in [1.82, 2.24) is 10.0 Å². The number of sulfonamides is 1. The minimum absolute atomic E-state index is 0.136. The van der Waals surface area contributed by atoms with Crippen molar-refractivity contribution in [3.05, 3.63) is 0 Å².